The van der Waals surface area contributed by atoms with Crippen LogP contribution < -0.4 is 5.32 Å². The lowest BCUT2D eigenvalue weighted by Gasteiger charge is -2.29. The van der Waals surface area contributed by atoms with Crippen LogP contribution in [0.2, 0.25) is 0 Å². The first-order valence-corrected chi connectivity index (χ1v) is 5.47. The van der Waals surface area contributed by atoms with Gasteiger partial charge >= 0.3 is 0 Å². The third kappa shape index (κ3) is 4.57. The van der Waals surface area contributed by atoms with Gasteiger partial charge in [-0.15, -0.1) is 0 Å². The van der Waals surface area contributed by atoms with Crippen LogP contribution in [0.4, 0.5) is 4.39 Å². The zero-order chi connectivity index (χ0) is 11.1. The van der Waals surface area contributed by atoms with Gasteiger partial charge in [-0.05, 0) is 13.5 Å². The van der Waals surface area contributed by atoms with E-state index in [1.54, 1.807) is 0 Å². The van der Waals surface area contributed by atoms with Crippen molar-refractivity contribution in [3.05, 3.63) is 0 Å². The van der Waals surface area contributed by atoms with Gasteiger partial charge in [-0.1, -0.05) is 0 Å². The Bertz CT molecular complexity index is 195. The zero-order valence-corrected chi connectivity index (χ0v) is 9.34. The third-order valence-corrected chi connectivity index (χ3v) is 2.55. The van der Waals surface area contributed by atoms with E-state index in [2.05, 4.69) is 5.32 Å². The summed E-state index contributed by atoms with van der Waals surface area (Å²) in [6.45, 7) is 4.06. The fraction of sp³-hybridized carbons (Fsp3) is 0.900. The van der Waals surface area contributed by atoms with Gasteiger partial charge in [0.1, 0.15) is 0 Å². The molecule has 0 spiro atoms. The van der Waals surface area contributed by atoms with Crippen LogP contribution in [0.25, 0.3) is 0 Å². The quantitative estimate of drug-likeness (QED) is 0.687. The highest BCUT2D eigenvalue weighted by molar-refractivity contribution is 5.78. The van der Waals surface area contributed by atoms with E-state index < -0.39 is 0 Å². The largest absolute Gasteiger partial charge is 0.339 e. The van der Waals surface area contributed by atoms with Crippen LogP contribution in [0.1, 0.15) is 6.42 Å². The lowest BCUT2D eigenvalue weighted by atomic mass is 10.3. The number of halogens is 1. The third-order valence-electron chi connectivity index (χ3n) is 2.55. The van der Waals surface area contributed by atoms with Crippen molar-refractivity contribution in [3.63, 3.8) is 0 Å². The molecule has 1 fully saturated rings. The van der Waals surface area contributed by atoms with Gasteiger partial charge < -0.3 is 10.2 Å². The molecule has 1 rings (SSSR count). The van der Waals surface area contributed by atoms with Gasteiger partial charge in [0.25, 0.3) is 0 Å². The average molecular weight is 217 g/mol. The van der Waals surface area contributed by atoms with Gasteiger partial charge in [-0.3, -0.25) is 14.1 Å². The van der Waals surface area contributed by atoms with Crippen molar-refractivity contribution in [2.45, 2.75) is 6.42 Å². The van der Waals surface area contributed by atoms with Gasteiger partial charge in [-0.2, -0.15) is 0 Å². The molecule has 88 valence electrons. The number of piperazine rings is 1. The number of nitrogens with one attached hydrogen (secondary N) is 1. The number of hydrogen-bond donors (Lipinski definition) is 1. The van der Waals surface area contributed by atoms with Crippen molar-refractivity contribution < 1.29 is 9.18 Å². The Morgan fingerprint density at radius 3 is 2.73 bits per heavy atom. The summed E-state index contributed by atoms with van der Waals surface area (Å²) in [5.74, 6) is 0.151. The monoisotopic (exact) mass is 217 g/mol. The Labute approximate surface area is 90.4 Å². The molecule has 0 atom stereocenters. The highest BCUT2D eigenvalue weighted by Crippen LogP contribution is 1.96. The van der Waals surface area contributed by atoms with Crippen molar-refractivity contribution in [2.75, 3.05) is 53.0 Å². The Balaban J connectivity index is 2.21. The summed E-state index contributed by atoms with van der Waals surface area (Å²) in [5, 5.41) is 3.20. The van der Waals surface area contributed by atoms with E-state index in [4.69, 9.17) is 0 Å². The molecule has 1 amide bonds. The standard InChI is InChI=1S/C10H20FN3O/c1-13(6-2-3-11)9-10(15)14-7-4-12-5-8-14/h12H,2-9H2,1H3. The number of amides is 1. The van der Waals surface area contributed by atoms with E-state index >= 15 is 0 Å². The molecule has 0 aliphatic carbocycles. The fourth-order valence-electron chi connectivity index (χ4n) is 1.65. The average Bonchev–Trinajstić information content (AvgIpc) is 2.27. The molecule has 1 heterocycles. The van der Waals surface area contributed by atoms with Gasteiger partial charge in [0.2, 0.25) is 5.91 Å². The van der Waals surface area contributed by atoms with Crippen molar-refractivity contribution in [3.8, 4) is 0 Å². The fourth-order valence-corrected chi connectivity index (χ4v) is 1.65. The molecule has 0 aromatic carbocycles. The maximum atomic E-state index is 11.9. The molecule has 0 aromatic rings. The Morgan fingerprint density at radius 2 is 2.13 bits per heavy atom. The van der Waals surface area contributed by atoms with E-state index in [0.29, 0.717) is 19.5 Å². The van der Waals surface area contributed by atoms with Crippen LogP contribution in [0.15, 0.2) is 0 Å². The molecule has 0 bridgehead atoms. The molecule has 0 unspecified atom stereocenters. The van der Waals surface area contributed by atoms with Gasteiger partial charge in [0.05, 0.1) is 13.2 Å². The summed E-state index contributed by atoms with van der Waals surface area (Å²) in [4.78, 5) is 15.5. The van der Waals surface area contributed by atoms with Crippen LogP contribution in [-0.2, 0) is 4.79 Å². The van der Waals surface area contributed by atoms with E-state index in [-0.39, 0.29) is 12.6 Å². The SMILES string of the molecule is CN(CCCF)CC(=O)N1CCNCC1. The molecular formula is C10H20FN3O. The predicted molar refractivity (Wildman–Crippen MR) is 57.5 cm³/mol. The van der Waals surface area contributed by atoms with Crippen LogP contribution in [0, 0.1) is 0 Å². The summed E-state index contributed by atoms with van der Waals surface area (Å²) in [6, 6.07) is 0. The first-order valence-electron chi connectivity index (χ1n) is 5.47. The second-order valence-corrected chi connectivity index (χ2v) is 3.91. The minimum absolute atomic E-state index is 0.151. The van der Waals surface area contributed by atoms with Crippen molar-refractivity contribution >= 4 is 5.91 Å². The molecule has 1 saturated heterocycles. The molecular weight excluding hydrogens is 197 g/mol. The van der Waals surface area contributed by atoms with Crippen LogP contribution in [0.3, 0.4) is 0 Å². The molecule has 4 nitrogen and oxygen atoms in total. The first-order chi connectivity index (χ1) is 7.24. The molecule has 5 heteroatoms. The highest BCUT2D eigenvalue weighted by Gasteiger charge is 2.16. The maximum Gasteiger partial charge on any atom is 0.236 e. The first kappa shape index (κ1) is 12.4. The van der Waals surface area contributed by atoms with E-state index in [1.165, 1.54) is 0 Å². The predicted octanol–water partition coefficient (Wildman–Crippen LogP) is -0.290. The van der Waals surface area contributed by atoms with Crippen molar-refractivity contribution in [2.24, 2.45) is 0 Å². The minimum Gasteiger partial charge on any atom is -0.339 e. The number of hydrogen-bond acceptors (Lipinski definition) is 3. The Morgan fingerprint density at radius 1 is 1.47 bits per heavy atom. The second-order valence-electron chi connectivity index (χ2n) is 3.91. The van der Waals surface area contributed by atoms with Crippen LogP contribution in [0.5, 0.6) is 0 Å². The molecule has 1 N–H and O–H groups in total. The normalized spacial score (nSPS) is 17.1. The number of carbonyl (C=O) groups excluding carboxylic acids is 1. The van der Waals surface area contributed by atoms with Gasteiger partial charge in [0.15, 0.2) is 0 Å². The van der Waals surface area contributed by atoms with Crippen LogP contribution >= 0.6 is 0 Å². The summed E-state index contributed by atoms with van der Waals surface area (Å²) in [5.41, 5.74) is 0. The van der Waals surface area contributed by atoms with E-state index in [1.807, 2.05) is 16.8 Å². The number of alkyl halides is 1. The molecule has 1 aliphatic heterocycles. The zero-order valence-electron chi connectivity index (χ0n) is 9.34. The minimum atomic E-state index is -0.313. The topological polar surface area (TPSA) is 35.6 Å². The maximum absolute atomic E-state index is 11.9. The van der Waals surface area contributed by atoms with Crippen molar-refractivity contribution in [1.82, 2.24) is 15.1 Å². The van der Waals surface area contributed by atoms with Gasteiger partial charge in [-0.25, -0.2) is 0 Å². The smallest absolute Gasteiger partial charge is 0.236 e. The Kier molecular flexibility index (Phi) is 5.57. The number of likely N-dealkylation sites (N-methyl/N-ethyl adjacent to an activating group) is 1. The molecule has 0 aromatic heterocycles. The van der Waals surface area contributed by atoms with E-state index in [9.17, 15) is 9.18 Å². The van der Waals surface area contributed by atoms with Gasteiger partial charge in [0, 0.05) is 32.7 Å². The van der Waals surface area contributed by atoms with Crippen LogP contribution in [-0.4, -0.2) is 68.7 Å². The second kappa shape index (κ2) is 6.74. The lowest BCUT2D eigenvalue weighted by molar-refractivity contribution is -0.132. The number of rotatable bonds is 5. The van der Waals surface area contributed by atoms with E-state index in [0.717, 1.165) is 26.2 Å². The number of nitrogens with zero attached hydrogens (tertiary/aromatic N) is 2. The summed E-state index contributed by atoms with van der Waals surface area (Å²) >= 11 is 0. The molecule has 0 radical (unpaired) electrons. The summed E-state index contributed by atoms with van der Waals surface area (Å²) in [6.07, 6.45) is 0.505. The molecule has 15 heavy (non-hydrogen) atoms. The summed E-state index contributed by atoms with van der Waals surface area (Å²) in [7, 11) is 1.86. The highest BCUT2D eigenvalue weighted by atomic mass is 19.1. The molecule has 0 saturated carbocycles. The molecule has 1 aliphatic rings. The summed E-state index contributed by atoms with van der Waals surface area (Å²) < 4.78 is 11.9. The Hall–Kier alpha value is -0.680. The number of carbonyl (C=O) groups is 1. The lowest BCUT2D eigenvalue weighted by Crippen LogP contribution is -2.49. The van der Waals surface area contributed by atoms with Crippen molar-refractivity contribution in [1.29, 1.82) is 0 Å².